The van der Waals surface area contributed by atoms with Crippen molar-refractivity contribution in [3.8, 4) is 0 Å². The van der Waals surface area contributed by atoms with Crippen LogP contribution in [0.25, 0.3) is 0 Å². The number of nitrogens with one attached hydrogen (secondary N) is 1. The fourth-order valence-electron chi connectivity index (χ4n) is 2.24. The van der Waals surface area contributed by atoms with Gasteiger partial charge in [0.2, 0.25) is 5.91 Å². The summed E-state index contributed by atoms with van der Waals surface area (Å²) in [7, 11) is 0. The number of hydrogen-bond acceptors (Lipinski definition) is 3. The first-order chi connectivity index (χ1) is 8.66. The molecule has 1 amide bonds. The van der Waals surface area contributed by atoms with Gasteiger partial charge < -0.3 is 15.8 Å². The molecule has 19 heavy (non-hydrogen) atoms. The first-order valence-corrected chi connectivity index (χ1v) is 6.37. The molecule has 1 aromatic rings. The van der Waals surface area contributed by atoms with Gasteiger partial charge in [-0.2, -0.15) is 0 Å². The number of aryl methyl sites for hydroxylation is 1. The van der Waals surface area contributed by atoms with Gasteiger partial charge in [0.15, 0.2) is 0 Å². The van der Waals surface area contributed by atoms with Crippen molar-refractivity contribution in [3.05, 3.63) is 29.8 Å². The highest BCUT2D eigenvalue weighted by Gasteiger charge is 2.26. The van der Waals surface area contributed by atoms with Gasteiger partial charge in [-0.05, 0) is 43.4 Å². The van der Waals surface area contributed by atoms with Gasteiger partial charge in [0, 0.05) is 18.9 Å². The summed E-state index contributed by atoms with van der Waals surface area (Å²) in [5.74, 6) is 0.121. The van der Waals surface area contributed by atoms with Gasteiger partial charge in [-0.25, -0.2) is 0 Å². The summed E-state index contributed by atoms with van der Waals surface area (Å²) in [5.41, 5.74) is 7.94. The molecule has 0 bridgehead atoms. The number of ether oxygens (including phenoxy) is 1. The van der Waals surface area contributed by atoms with E-state index in [0.717, 1.165) is 24.1 Å². The van der Waals surface area contributed by atoms with Crippen LogP contribution in [0.5, 0.6) is 0 Å². The Labute approximate surface area is 120 Å². The van der Waals surface area contributed by atoms with E-state index in [9.17, 15) is 4.79 Å². The van der Waals surface area contributed by atoms with Crippen molar-refractivity contribution in [1.29, 1.82) is 0 Å². The summed E-state index contributed by atoms with van der Waals surface area (Å²) < 4.78 is 5.28. The standard InChI is InChI=1S/C14H20N2O2.ClH/c1-10-3-2-4-12(9-10)16-14(17)13(15)11-5-7-18-8-6-11;/h2-4,9,11,13H,5-8,15H2,1H3,(H,16,17);1H. The Morgan fingerprint density at radius 3 is 2.74 bits per heavy atom. The van der Waals surface area contributed by atoms with Crippen molar-refractivity contribution >= 4 is 24.0 Å². The Morgan fingerprint density at radius 1 is 1.42 bits per heavy atom. The first-order valence-electron chi connectivity index (χ1n) is 6.37. The minimum atomic E-state index is -0.450. The molecule has 1 atom stereocenters. The number of halogens is 1. The summed E-state index contributed by atoms with van der Waals surface area (Å²) in [6.07, 6.45) is 1.73. The zero-order chi connectivity index (χ0) is 13.0. The highest BCUT2D eigenvalue weighted by atomic mass is 35.5. The minimum absolute atomic E-state index is 0. The van der Waals surface area contributed by atoms with Crippen LogP contribution in [-0.4, -0.2) is 25.2 Å². The van der Waals surface area contributed by atoms with E-state index in [1.54, 1.807) is 0 Å². The number of anilines is 1. The van der Waals surface area contributed by atoms with E-state index in [1.807, 2.05) is 31.2 Å². The smallest absolute Gasteiger partial charge is 0.241 e. The largest absolute Gasteiger partial charge is 0.381 e. The lowest BCUT2D eigenvalue weighted by Crippen LogP contribution is -2.44. The zero-order valence-electron chi connectivity index (χ0n) is 11.1. The number of carbonyl (C=O) groups is 1. The van der Waals surface area contributed by atoms with E-state index >= 15 is 0 Å². The molecule has 0 radical (unpaired) electrons. The Bertz CT molecular complexity index is 420. The molecule has 1 aliphatic heterocycles. The monoisotopic (exact) mass is 284 g/mol. The van der Waals surface area contributed by atoms with Crippen molar-refractivity contribution in [1.82, 2.24) is 0 Å². The van der Waals surface area contributed by atoms with E-state index in [-0.39, 0.29) is 24.2 Å². The molecule has 106 valence electrons. The fourth-order valence-corrected chi connectivity index (χ4v) is 2.24. The van der Waals surface area contributed by atoms with Crippen molar-refractivity contribution < 1.29 is 9.53 Å². The van der Waals surface area contributed by atoms with Crippen molar-refractivity contribution in [3.63, 3.8) is 0 Å². The second kappa shape index (κ2) is 7.48. The molecule has 1 heterocycles. The summed E-state index contributed by atoms with van der Waals surface area (Å²) in [5, 5.41) is 2.88. The Balaban J connectivity index is 0.00000180. The average Bonchev–Trinajstić information content (AvgIpc) is 2.39. The predicted octanol–water partition coefficient (Wildman–Crippen LogP) is 2.11. The van der Waals surface area contributed by atoms with E-state index in [2.05, 4.69) is 5.32 Å². The second-order valence-corrected chi connectivity index (χ2v) is 4.83. The summed E-state index contributed by atoms with van der Waals surface area (Å²) in [6, 6.07) is 7.28. The lowest BCUT2D eigenvalue weighted by molar-refractivity contribution is -0.119. The van der Waals surface area contributed by atoms with E-state index < -0.39 is 6.04 Å². The third-order valence-corrected chi connectivity index (χ3v) is 3.36. The molecular formula is C14H21ClN2O2. The third kappa shape index (κ3) is 4.49. The van der Waals surface area contributed by atoms with Crippen LogP contribution >= 0.6 is 12.4 Å². The van der Waals surface area contributed by atoms with Gasteiger partial charge in [0.05, 0.1) is 6.04 Å². The van der Waals surface area contributed by atoms with Crippen LogP contribution in [0.4, 0.5) is 5.69 Å². The molecule has 1 aliphatic rings. The molecule has 0 aromatic heterocycles. The van der Waals surface area contributed by atoms with Crippen LogP contribution in [0.2, 0.25) is 0 Å². The molecule has 0 saturated carbocycles. The predicted molar refractivity (Wildman–Crippen MR) is 78.6 cm³/mol. The number of rotatable bonds is 3. The number of nitrogens with two attached hydrogens (primary N) is 1. The van der Waals surface area contributed by atoms with Gasteiger partial charge in [0.25, 0.3) is 0 Å². The van der Waals surface area contributed by atoms with Gasteiger partial charge >= 0.3 is 0 Å². The number of hydrogen-bond donors (Lipinski definition) is 2. The highest BCUT2D eigenvalue weighted by Crippen LogP contribution is 2.19. The SMILES string of the molecule is Cc1cccc(NC(=O)C(N)C2CCOCC2)c1.Cl. The highest BCUT2D eigenvalue weighted by molar-refractivity contribution is 5.94. The Hall–Kier alpha value is -1.10. The molecule has 0 aliphatic carbocycles. The summed E-state index contributed by atoms with van der Waals surface area (Å²) in [6.45, 7) is 3.40. The fraction of sp³-hybridized carbons (Fsp3) is 0.500. The van der Waals surface area contributed by atoms with Gasteiger partial charge in [-0.15, -0.1) is 12.4 Å². The van der Waals surface area contributed by atoms with Crippen LogP contribution in [0.15, 0.2) is 24.3 Å². The first kappa shape index (κ1) is 16.0. The molecule has 5 heteroatoms. The molecule has 1 fully saturated rings. The average molecular weight is 285 g/mol. The molecule has 3 N–H and O–H groups in total. The summed E-state index contributed by atoms with van der Waals surface area (Å²) in [4.78, 5) is 12.0. The maximum absolute atomic E-state index is 12.0. The van der Waals surface area contributed by atoms with Crippen LogP contribution in [0.3, 0.4) is 0 Å². The van der Waals surface area contributed by atoms with Crippen LogP contribution in [-0.2, 0) is 9.53 Å². The topological polar surface area (TPSA) is 64.4 Å². The summed E-state index contributed by atoms with van der Waals surface area (Å²) >= 11 is 0. The molecule has 1 aromatic carbocycles. The van der Waals surface area contributed by atoms with Crippen LogP contribution in [0.1, 0.15) is 18.4 Å². The maximum Gasteiger partial charge on any atom is 0.241 e. The van der Waals surface area contributed by atoms with Crippen LogP contribution < -0.4 is 11.1 Å². The Morgan fingerprint density at radius 2 is 2.11 bits per heavy atom. The molecule has 1 unspecified atom stereocenters. The van der Waals surface area contributed by atoms with E-state index in [0.29, 0.717) is 13.2 Å². The molecule has 4 nitrogen and oxygen atoms in total. The quantitative estimate of drug-likeness (QED) is 0.893. The Kier molecular flexibility index (Phi) is 6.28. The molecule has 0 spiro atoms. The normalized spacial score (nSPS) is 17.4. The number of amides is 1. The van der Waals surface area contributed by atoms with Crippen LogP contribution in [0, 0.1) is 12.8 Å². The van der Waals surface area contributed by atoms with Crippen molar-refractivity contribution in [2.24, 2.45) is 11.7 Å². The van der Waals surface area contributed by atoms with E-state index in [1.165, 1.54) is 0 Å². The second-order valence-electron chi connectivity index (χ2n) is 4.83. The van der Waals surface area contributed by atoms with E-state index in [4.69, 9.17) is 10.5 Å². The third-order valence-electron chi connectivity index (χ3n) is 3.36. The molecule has 1 saturated heterocycles. The van der Waals surface area contributed by atoms with Gasteiger partial charge in [0.1, 0.15) is 0 Å². The number of carbonyl (C=O) groups excluding carboxylic acids is 1. The maximum atomic E-state index is 12.0. The van der Waals surface area contributed by atoms with Gasteiger partial charge in [-0.3, -0.25) is 4.79 Å². The lowest BCUT2D eigenvalue weighted by Gasteiger charge is -2.26. The van der Waals surface area contributed by atoms with Crippen molar-refractivity contribution in [2.45, 2.75) is 25.8 Å². The zero-order valence-corrected chi connectivity index (χ0v) is 11.9. The molecular weight excluding hydrogens is 264 g/mol. The van der Waals surface area contributed by atoms with Gasteiger partial charge in [-0.1, -0.05) is 12.1 Å². The van der Waals surface area contributed by atoms with Crippen molar-refractivity contribution in [2.75, 3.05) is 18.5 Å². The minimum Gasteiger partial charge on any atom is -0.381 e. The number of benzene rings is 1. The lowest BCUT2D eigenvalue weighted by atomic mass is 9.92. The molecule has 2 rings (SSSR count).